The van der Waals surface area contributed by atoms with E-state index in [1.165, 1.54) is 12.2 Å². The van der Waals surface area contributed by atoms with Crippen molar-refractivity contribution in [1.29, 1.82) is 0 Å². The Morgan fingerprint density at radius 2 is 2.00 bits per heavy atom. The van der Waals surface area contributed by atoms with Crippen LogP contribution in [0.4, 0.5) is 0 Å². The van der Waals surface area contributed by atoms with Crippen molar-refractivity contribution in [2.45, 2.75) is 52.4 Å². The highest BCUT2D eigenvalue weighted by Gasteiger charge is 2.48. The molecule has 0 saturated carbocycles. The molecule has 6 heteroatoms. The number of hydrogen-bond donors (Lipinski definition) is 1. The number of carbonyl (C=O) groups is 3. The van der Waals surface area contributed by atoms with Crippen LogP contribution in [0.15, 0.2) is 47.1 Å². The first-order valence-corrected chi connectivity index (χ1v) is 8.46. The van der Waals surface area contributed by atoms with E-state index in [0.717, 1.165) is 0 Å². The number of esters is 2. The Bertz CT molecular complexity index is 739. The Hall–Kier alpha value is -2.47. The van der Waals surface area contributed by atoms with Gasteiger partial charge in [0.05, 0.1) is 5.92 Å². The minimum Gasteiger partial charge on any atom is -0.458 e. The highest BCUT2D eigenvalue weighted by atomic mass is 16.6. The molecule has 4 atom stereocenters. The van der Waals surface area contributed by atoms with Crippen molar-refractivity contribution in [3.63, 3.8) is 0 Å². The van der Waals surface area contributed by atoms with Crippen LogP contribution < -0.4 is 0 Å². The molecular formula is C20H24O6. The molecule has 1 fully saturated rings. The largest absolute Gasteiger partial charge is 0.458 e. The molecule has 0 aromatic rings. The molecule has 2 rings (SSSR count). The van der Waals surface area contributed by atoms with E-state index < -0.39 is 36.2 Å². The van der Waals surface area contributed by atoms with E-state index in [1.54, 1.807) is 33.8 Å². The lowest BCUT2D eigenvalue weighted by molar-refractivity contribution is -0.150. The molecule has 0 bridgehead atoms. The lowest BCUT2D eigenvalue weighted by Gasteiger charge is -2.30. The molecule has 2 aliphatic rings. The van der Waals surface area contributed by atoms with Crippen LogP contribution in [-0.2, 0) is 23.9 Å². The number of ketones is 1. The van der Waals surface area contributed by atoms with Crippen molar-refractivity contribution in [3.05, 3.63) is 47.1 Å². The van der Waals surface area contributed by atoms with E-state index in [9.17, 15) is 19.5 Å². The Balaban J connectivity index is 2.49. The van der Waals surface area contributed by atoms with Crippen molar-refractivity contribution >= 4 is 17.7 Å². The Morgan fingerprint density at radius 3 is 2.62 bits per heavy atom. The number of allylic oxidation sites excluding steroid dienone is 3. The first-order valence-electron chi connectivity index (χ1n) is 8.46. The van der Waals surface area contributed by atoms with E-state index in [4.69, 9.17) is 9.47 Å². The first-order chi connectivity index (χ1) is 12.1. The van der Waals surface area contributed by atoms with E-state index in [2.05, 4.69) is 6.58 Å². The zero-order valence-electron chi connectivity index (χ0n) is 15.4. The summed E-state index contributed by atoms with van der Waals surface area (Å²) in [6.07, 6.45) is 1.66. The lowest BCUT2D eigenvalue weighted by Crippen LogP contribution is -2.41. The van der Waals surface area contributed by atoms with Gasteiger partial charge in [0.25, 0.3) is 0 Å². The Morgan fingerprint density at radius 1 is 1.35 bits per heavy atom. The summed E-state index contributed by atoms with van der Waals surface area (Å²) in [4.78, 5) is 36.4. The average molecular weight is 360 g/mol. The van der Waals surface area contributed by atoms with Crippen molar-refractivity contribution in [2.24, 2.45) is 5.92 Å². The van der Waals surface area contributed by atoms with Gasteiger partial charge in [-0.25, -0.2) is 9.59 Å². The molecule has 1 N–H and O–H groups in total. The predicted octanol–water partition coefficient (Wildman–Crippen LogP) is 2.19. The van der Waals surface area contributed by atoms with Gasteiger partial charge in [-0.2, -0.15) is 0 Å². The minimum atomic E-state index is -1.19. The Kier molecular flexibility index (Phi) is 5.97. The van der Waals surface area contributed by atoms with E-state index >= 15 is 0 Å². The second kappa shape index (κ2) is 7.83. The highest BCUT2D eigenvalue weighted by Crippen LogP contribution is 2.37. The maximum Gasteiger partial charge on any atom is 0.334 e. The summed E-state index contributed by atoms with van der Waals surface area (Å²) in [6, 6.07) is 0. The molecule has 0 aromatic carbocycles. The molecule has 1 saturated heterocycles. The van der Waals surface area contributed by atoms with Crippen molar-refractivity contribution in [1.82, 2.24) is 0 Å². The maximum atomic E-state index is 12.3. The Labute approximate surface area is 152 Å². The number of hydrogen-bond acceptors (Lipinski definition) is 6. The molecule has 0 unspecified atom stereocenters. The number of fused-ring (bicyclic) bond motifs is 1. The van der Waals surface area contributed by atoms with Crippen LogP contribution in [0, 0.1) is 5.92 Å². The van der Waals surface area contributed by atoms with Gasteiger partial charge in [0.2, 0.25) is 0 Å². The van der Waals surface area contributed by atoms with Crippen molar-refractivity contribution in [2.75, 3.05) is 0 Å². The second-order valence-corrected chi connectivity index (χ2v) is 6.77. The topological polar surface area (TPSA) is 89.9 Å². The molecule has 6 nitrogen and oxygen atoms in total. The van der Waals surface area contributed by atoms with Crippen molar-refractivity contribution < 1.29 is 29.0 Å². The number of carbonyl (C=O) groups excluding carboxylic acids is 3. The zero-order valence-corrected chi connectivity index (χ0v) is 15.4. The molecule has 140 valence electrons. The number of rotatable bonds is 2. The molecular weight excluding hydrogens is 336 g/mol. The average Bonchev–Trinajstić information content (AvgIpc) is 2.86. The van der Waals surface area contributed by atoms with Gasteiger partial charge in [-0.15, -0.1) is 0 Å². The number of aliphatic hydroxyl groups excluding tert-OH is 1. The number of ether oxygens (including phenoxy) is 2. The summed E-state index contributed by atoms with van der Waals surface area (Å²) in [5.74, 6) is -2.15. The van der Waals surface area contributed by atoms with Crippen LogP contribution in [0.3, 0.4) is 0 Å². The van der Waals surface area contributed by atoms with Gasteiger partial charge in [0.1, 0.15) is 18.3 Å². The van der Waals surface area contributed by atoms with Crippen LogP contribution >= 0.6 is 0 Å². The van der Waals surface area contributed by atoms with Crippen LogP contribution in [0.1, 0.15) is 34.1 Å². The zero-order chi connectivity index (χ0) is 19.6. The fourth-order valence-electron chi connectivity index (χ4n) is 3.12. The number of aliphatic hydroxyl groups is 1. The van der Waals surface area contributed by atoms with Gasteiger partial charge in [0, 0.05) is 17.6 Å². The molecule has 1 aliphatic carbocycles. The summed E-state index contributed by atoms with van der Waals surface area (Å²) >= 11 is 0. The standard InChI is InChI=1S/C20H24O6/c1-6-11(3)19(23)25-15-8-10(2)7-14(21)9-12(4)17(22)18-16(15)13(5)20(24)26-18/h6-7,9,15-18,22H,5,8H2,1-4H3/b10-7+,11-6+,12-9-/t15-,16-,17+,18+/m1/s1. The predicted molar refractivity (Wildman–Crippen MR) is 95.0 cm³/mol. The van der Waals surface area contributed by atoms with E-state index in [0.29, 0.717) is 16.7 Å². The molecule has 1 heterocycles. The van der Waals surface area contributed by atoms with Crippen LogP contribution in [0.2, 0.25) is 0 Å². The van der Waals surface area contributed by atoms with Gasteiger partial charge in [-0.1, -0.05) is 18.2 Å². The second-order valence-electron chi connectivity index (χ2n) is 6.77. The molecule has 1 aliphatic heterocycles. The summed E-state index contributed by atoms with van der Waals surface area (Å²) in [5, 5.41) is 10.6. The fraction of sp³-hybridized carbons (Fsp3) is 0.450. The third kappa shape index (κ3) is 4.02. The molecule has 0 radical (unpaired) electrons. The monoisotopic (exact) mass is 360 g/mol. The highest BCUT2D eigenvalue weighted by molar-refractivity contribution is 6.00. The molecule has 0 aromatic heterocycles. The molecule has 0 amide bonds. The van der Waals surface area contributed by atoms with Gasteiger partial charge < -0.3 is 14.6 Å². The van der Waals surface area contributed by atoms with E-state index in [1.807, 2.05) is 0 Å². The van der Waals surface area contributed by atoms with Gasteiger partial charge in [0.15, 0.2) is 5.78 Å². The van der Waals surface area contributed by atoms with Crippen LogP contribution in [0.5, 0.6) is 0 Å². The van der Waals surface area contributed by atoms with Crippen molar-refractivity contribution in [3.8, 4) is 0 Å². The summed E-state index contributed by atoms with van der Waals surface area (Å²) in [7, 11) is 0. The van der Waals surface area contributed by atoms with Gasteiger partial charge >= 0.3 is 11.9 Å². The fourth-order valence-corrected chi connectivity index (χ4v) is 3.12. The van der Waals surface area contributed by atoms with E-state index in [-0.39, 0.29) is 17.8 Å². The minimum absolute atomic E-state index is 0.150. The lowest BCUT2D eigenvalue weighted by atomic mass is 9.83. The summed E-state index contributed by atoms with van der Waals surface area (Å²) in [6.45, 7) is 10.4. The molecule has 26 heavy (non-hydrogen) atoms. The smallest absolute Gasteiger partial charge is 0.334 e. The third-order valence-electron chi connectivity index (χ3n) is 4.74. The van der Waals surface area contributed by atoms with Gasteiger partial charge in [-0.3, -0.25) is 4.79 Å². The summed E-state index contributed by atoms with van der Waals surface area (Å²) < 4.78 is 10.9. The van der Waals surface area contributed by atoms with Crippen LogP contribution in [-0.4, -0.2) is 41.1 Å². The normalized spacial score (nSPS) is 34.2. The SMILES string of the molecule is C=C1C(=O)O[C@H]2[C@H]1[C@H](OC(=O)/C(C)=C/C)C/C(C)=C/C(=O)/C=C(/C)[C@@H]2O. The van der Waals surface area contributed by atoms with Gasteiger partial charge in [-0.05, 0) is 45.4 Å². The summed E-state index contributed by atoms with van der Waals surface area (Å²) in [5.41, 5.74) is 1.63. The quantitative estimate of drug-likeness (QED) is 0.600. The first kappa shape index (κ1) is 19.8. The molecule has 0 spiro atoms. The van der Waals surface area contributed by atoms with Crippen LogP contribution in [0.25, 0.3) is 0 Å². The third-order valence-corrected chi connectivity index (χ3v) is 4.74. The maximum absolute atomic E-state index is 12.3.